The van der Waals surface area contributed by atoms with Crippen LogP contribution >= 0.6 is 0 Å². The number of carbonyl (C=O) groups is 1. The lowest BCUT2D eigenvalue weighted by atomic mass is 9.68. The summed E-state index contributed by atoms with van der Waals surface area (Å²) in [6.07, 6.45) is 2.81. The van der Waals surface area contributed by atoms with Crippen LogP contribution in [0.3, 0.4) is 0 Å². The van der Waals surface area contributed by atoms with Crippen LogP contribution in [0.1, 0.15) is 33.1 Å². The van der Waals surface area contributed by atoms with Gasteiger partial charge >= 0.3 is 5.97 Å². The normalized spacial score (nSPS) is 48.3. The maximum absolute atomic E-state index is 11.2. The number of hydrogen-bond donors (Lipinski definition) is 1. The maximum atomic E-state index is 11.2. The van der Waals surface area contributed by atoms with Crippen LogP contribution in [-0.4, -0.2) is 23.3 Å². The van der Waals surface area contributed by atoms with Gasteiger partial charge in [0.25, 0.3) is 0 Å². The highest BCUT2D eigenvalue weighted by Gasteiger charge is 2.56. The summed E-state index contributed by atoms with van der Waals surface area (Å²) in [5, 5.41) is 9.19. The second-order valence-electron chi connectivity index (χ2n) is 4.46. The van der Waals surface area contributed by atoms with Crippen molar-refractivity contribution in [2.45, 2.75) is 45.3 Å². The molecule has 13 heavy (non-hydrogen) atoms. The molecule has 0 bridgehead atoms. The average molecular weight is 184 g/mol. The van der Waals surface area contributed by atoms with Gasteiger partial charge < -0.3 is 9.84 Å². The molecule has 1 heterocycles. The number of epoxide rings is 1. The maximum Gasteiger partial charge on any atom is 0.309 e. The first kappa shape index (κ1) is 9.00. The Balaban J connectivity index is 2.16. The van der Waals surface area contributed by atoms with E-state index in [9.17, 15) is 9.90 Å². The fraction of sp³-hybridized carbons (Fsp3) is 0.900. The van der Waals surface area contributed by atoms with Crippen LogP contribution < -0.4 is 0 Å². The van der Waals surface area contributed by atoms with Crippen molar-refractivity contribution in [3.05, 3.63) is 0 Å². The van der Waals surface area contributed by atoms with E-state index in [1.807, 2.05) is 6.92 Å². The summed E-state index contributed by atoms with van der Waals surface area (Å²) >= 11 is 0. The third-order valence-corrected chi connectivity index (χ3v) is 3.62. The van der Waals surface area contributed by atoms with Crippen LogP contribution in [0.5, 0.6) is 0 Å². The summed E-state index contributed by atoms with van der Waals surface area (Å²) < 4.78 is 5.43. The number of hydrogen-bond acceptors (Lipinski definition) is 2. The lowest BCUT2D eigenvalue weighted by Crippen LogP contribution is -2.38. The number of rotatable bonds is 2. The van der Waals surface area contributed by atoms with Crippen molar-refractivity contribution in [2.24, 2.45) is 11.3 Å². The number of ether oxygens (including phenoxy) is 1. The van der Waals surface area contributed by atoms with Crippen molar-refractivity contribution < 1.29 is 14.6 Å². The van der Waals surface area contributed by atoms with Crippen molar-refractivity contribution >= 4 is 5.97 Å². The molecule has 1 aliphatic heterocycles. The van der Waals surface area contributed by atoms with Gasteiger partial charge in [-0.2, -0.15) is 0 Å². The van der Waals surface area contributed by atoms with Gasteiger partial charge in [0.1, 0.15) is 0 Å². The van der Waals surface area contributed by atoms with E-state index in [1.165, 1.54) is 0 Å². The number of carboxylic acids is 1. The fourth-order valence-corrected chi connectivity index (χ4v) is 2.64. The zero-order valence-corrected chi connectivity index (χ0v) is 8.12. The van der Waals surface area contributed by atoms with Gasteiger partial charge in [0.2, 0.25) is 0 Å². The van der Waals surface area contributed by atoms with E-state index in [2.05, 4.69) is 6.92 Å². The molecule has 4 atom stereocenters. The minimum absolute atomic E-state index is 0.236. The minimum Gasteiger partial charge on any atom is -0.481 e. The standard InChI is InChI=1S/C10H16O3/c1-3-10(9(11)12)4-6(2)8-7(5-10)13-8/h6-8H,3-5H2,1-2H3,(H,11,12). The van der Waals surface area contributed by atoms with Crippen molar-refractivity contribution in [1.29, 1.82) is 0 Å². The highest BCUT2D eigenvalue weighted by molar-refractivity contribution is 5.75. The van der Waals surface area contributed by atoms with Crippen molar-refractivity contribution in [2.75, 3.05) is 0 Å². The third kappa shape index (κ3) is 1.26. The molecule has 3 nitrogen and oxygen atoms in total. The smallest absolute Gasteiger partial charge is 0.309 e. The van der Waals surface area contributed by atoms with Crippen LogP contribution in [0, 0.1) is 11.3 Å². The summed E-state index contributed by atoms with van der Waals surface area (Å²) in [5.41, 5.74) is -0.503. The van der Waals surface area contributed by atoms with Crippen LogP contribution in [-0.2, 0) is 9.53 Å². The summed E-state index contributed by atoms with van der Waals surface area (Å²) in [6.45, 7) is 4.06. The molecule has 0 radical (unpaired) electrons. The first-order valence-corrected chi connectivity index (χ1v) is 4.98. The highest BCUT2D eigenvalue weighted by atomic mass is 16.6. The van der Waals surface area contributed by atoms with E-state index in [4.69, 9.17) is 4.74 Å². The van der Waals surface area contributed by atoms with Gasteiger partial charge in [-0.1, -0.05) is 13.8 Å². The Morgan fingerprint density at radius 2 is 2.31 bits per heavy atom. The van der Waals surface area contributed by atoms with Crippen LogP contribution in [0.4, 0.5) is 0 Å². The lowest BCUT2D eigenvalue weighted by molar-refractivity contribution is -0.151. The predicted octanol–water partition coefficient (Wildman–Crippen LogP) is 1.66. The lowest BCUT2D eigenvalue weighted by Gasteiger charge is -2.33. The van der Waals surface area contributed by atoms with E-state index in [1.54, 1.807) is 0 Å². The van der Waals surface area contributed by atoms with E-state index in [-0.39, 0.29) is 6.10 Å². The zero-order chi connectivity index (χ0) is 9.64. The third-order valence-electron chi connectivity index (χ3n) is 3.62. The molecule has 74 valence electrons. The van der Waals surface area contributed by atoms with Gasteiger partial charge in [0.05, 0.1) is 17.6 Å². The summed E-state index contributed by atoms with van der Waals surface area (Å²) in [6, 6.07) is 0. The molecule has 1 N–H and O–H groups in total. The first-order valence-electron chi connectivity index (χ1n) is 4.98. The Bertz CT molecular complexity index is 238. The molecule has 3 heteroatoms. The highest BCUT2D eigenvalue weighted by Crippen LogP contribution is 2.50. The molecule has 0 aromatic heterocycles. The van der Waals surface area contributed by atoms with Gasteiger partial charge in [-0.15, -0.1) is 0 Å². The van der Waals surface area contributed by atoms with E-state index in [0.29, 0.717) is 18.4 Å². The minimum atomic E-state index is -0.643. The second kappa shape index (κ2) is 2.71. The first-order chi connectivity index (χ1) is 6.09. The molecule has 1 aliphatic carbocycles. The van der Waals surface area contributed by atoms with Gasteiger partial charge in [-0.25, -0.2) is 0 Å². The van der Waals surface area contributed by atoms with Gasteiger partial charge in [0, 0.05) is 0 Å². The summed E-state index contributed by atoms with van der Waals surface area (Å²) in [5.74, 6) is -0.231. The number of carboxylic acid groups (broad SMARTS) is 1. The predicted molar refractivity (Wildman–Crippen MR) is 47.4 cm³/mol. The Morgan fingerprint density at radius 1 is 1.62 bits per heavy atom. The Morgan fingerprint density at radius 3 is 2.77 bits per heavy atom. The quantitative estimate of drug-likeness (QED) is 0.664. The molecule has 0 amide bonds. The molecule has 1 saturated heterocycles. The van der Waals surface area contributed by atoms with Crippen molar-refractivity contribution in [3.8, 4) is 0 Å². The molecule has 2 rings (SSSR count). The topological polar surface area (TPSA) is 49.8 Å². The molecule has 1 saturated carbocycles. The SMILES string of the molecule is CCC1(C(=O)O)CC(C)C2OC2C1. The molecule has 0 spiro atoms. The monoisotopic (exact) mass is 184 g/mol. The molecular weight excluding hydrogens is 168 g/mol. The van der Waals surface area contributed by atoms with Crippen LogP contribution in [0.2, 0.25) is 0 Å². The molecule has 2 aliphatic rings. The van der Waals surface area contributed by atoms with Gasteiger partial charge in [-0.3, -0.25) is 4.79 Å². The molecule has 4 unspecified atom stereocenters. The second-order valence-corrected chi connectivity index (χ2v) is 4.46. The summed E-state index contributed by atoms with van der Waals surface area (Å²) in [4.78, 5) is 11.2. The van der Waals surface area contributed by atoms with E-state index >= 15 is 0 Å². The van der Waals surface area contributed by atoms with Gasteiger partial charge in [0.15, 0.2) is 0 Å². The Hall–Kier alpha value is -0.570. The van der Waals surface area contributed by atoms with E-state index in [0.717, 1.165) is 12.8 Å². The summed E-state index contributed by atoms with van der Waals surface area (Å²) in [7, 11) is 0. The van der Waals surface area contributed by atoms with Crippen molar-refractivity contribution in [3.63, 3.8) is 0 Å². The molecular formula is C10H16O3. The average Bonchev–Trinajstić information content (AvgIpc) is 2.83. The largest absolute Gasteiger partial charge is 0.481 e. The Labute approximate surface area is 78.1 Å². The Kier molecular flexibility index (Phi) is 1.88. The van der Waals surface area contributed by atoms with E-state index < -0.39 is 11.4 Å². The van der Waals surface area contributed by atoms with Gasteiger partial charge in [-0.05, 0) is 25.2 Å². The van der Waals surface area contributed by atoms with Crippen LogP contribution in [0.25, 0.3) is 0 Å². The van der Waals surface area contributed by atoms with Crippen LogP contribution in [0.15, 0.2) is 0 Å². The molecule has 2 fully saturated rings. The number of fused-ring (bicyclic) bond motifs is 1. The molecule has 0 aromatic carbocycles. The fourth-order valence-electron chi connectivity index (χ4n) is 2.64. The zero-order valence-electron chi connectivity index (χ0n) is 8.12. The number of aliphatic carboxylic acids is 1. The molecule has 0 aromatic rings. The van der Waals surface area contributed by atoms with Crippen molar-refractivity contribution in [1.82, 2.24) is 0 Å².